The Bertz CT molecular complexity index is 116. The summed E-state index contributed by atoms with van der Waals surface area (Å²) in [4.78, 5) is 0. The molecule has 0 amide bonds. The van der Waals surface area contributed by atoms with Gasteiger partial charge in [0.15, 0.2) is 5.15 Å². The van der Waals surface area contributed by atoms with E-state index in [1.807, 2.05) is 0 Å². The molecule has 0 saturated carbocycles. The van der Waals surface area contributed by atoms with Crippen LogP contribution in [0.1, 0.15) is 0 Å². The SMILES string of the molecule is Cl.Cl.Clc1cn[nH]n1. The summed E-state index contributed by atoms with van der Waals surface area (Å²) in [5.41, 5.74) is 0. The van der Waals surface area contributed by atoms with Crippen molar-refractivity contribution in [2.75, 3.05) is 0 Å². The molecule has 0 atom stereocenters. The van der Waals surface area contributed by atoms with Crippen LogP contribution in [0.25, 0.3) is 0 Å². The zero-order valence-electron chi connectivity index (χ0n) is 3.67. The quantitative estimate of drug-likeness (QED) is 0.647. The van der Waals surface area contributed by atoms with Crippen molar-refractivity contribution in [3.8, 4) is 0 Å². The summed E-state index contributed by atoms with van der Waals surface area (Å²) >= 11 is 5.25. The van der Waals surface area contributed by atoms with Crippen LogP contribution in [0, 0.1) is 0 Å². The first-order valence-corrected chi connectivity index (χ1v) is 1.78. The predicted octanol–water partition coefficient (Wildman–Crippen LogP) is 1.30. The van der Waals surface area contributed by atoms with Crippen molar-refractivity contribution in [1.29, 1.82) is 0 Å². The molecule has 0 saturated heterocycles. The zero-order chi connectivity index (χ0) is 4.41. The van der Waals surface area contributed by atoms with Gasteiger partial charge in [0.2, 0.25) is 0 Å². The fourth-order valence-corrected chi connectivity index (χ4v) is 0.274. The second-order valence-corrected chi connectivity index (χ2v) is 1.18. The van der Waals surface area contributed by atoms with Gasteiger partial charge in [0.25, 0.3) is 0 Å². The standard InChI is InChI=1S/C2H2ClN3.2ClH/c3-2-1-4-6-5-2;;/h1H,(H,4,5,6);2*1H. The second kappa shape index (κ2) is 5.15. The lowest BCUT2D eigenvalue weighted by Gasteiger charge is -1.58. The van der Waals surface area contributed by atoms with E-state index in [9.17, 15) is 0 Å². The van der Waals surface area contributed by atoms with E-state index in [4.69, 9.17) is 11.6 Å². The molecule has 1 aromatic heterocycles. The lowest BCUT2D eigenvalue weighted by molar-refractivity contribution is 0.940. The number of hydrogen-bond donors (Lipinski definition) is 1. The zero-order valence-corrected chi connectivity index (χ0v) is 6.06. The minimum Gasteiger partial charge on any atom is -0.196 e. The molecule has 0 aliphatic carbocycles. The summed E-state index contributed by atoms with van der Waals surface area (Å²) in [6, 6.07) is 0. The molecular weight excluding hydrogens is 172 g/mol. The molecule has 0 fully saturated rings. The Labute approximate surface area is 63.6 Å². The molecule has 3 nitrogen and oxygen atoms in total. The molecule has 0 radical (unpaired) electrons. The molecule has 0 aromatic carbocycles. The van der Waals surface area contributed by atoms with Gasteiger partial charge in [-0.3, -0.25) is 0 Å². The van der Waals surface area contributed by atoms with Crippen LogP contribution < -0.4 is 0 Å². The van der Waals surface area contributed by atoms with Crippen molar-refractivity contribution in [3.63, 3.8) is 0 Å². The van der Waals surface area contributed by atoms with Crippen molar-refractivity contribution >= 4 is 36.4 Å². The van der Waals surface area contributed by atoms with Crippen LogP contribution in [0.4, 0.5) is 0 Å². The van der Waals surface area contributed by atoms with Crippen molar-refractivity contribution in [3.05, 3.63) is 11.3 Å². The number of H-pyrrole nitrogens is 1. The van der Waals surface area contributed by atoms with Gasteiger partial charge in [0.1, 0.15) is 0 Å². The molecule has 0 aliphatic rings. The largest absolute Gasteiger partial charge is 0.196 e. The molecule has 48 valence electrons. The van der Waals surface area contributed by atoms with Crippen LogP contribution in [0.3, 0.4) is 0 Å². The maximum absolute atomic E-state index is 5.25. The number of rotatable bonds is 0. The number of aromatic amines is 1. The highest BCUT2D eigenvalue weighted by atomic mass is 35.5. The maximum atomic E-state index is 5.25. The Morgan fingerprint density at radius 3 is 2.25 bits per heavy atom. The van der Waals surface area contributed by atoms with Crippen LogP contribution >= 0.6 is 36.4 Å². The topological polar surface area (TPSA) is 41.6 Å². The predicted molar refractivity (Wildman–Crippen MR) is 35.9 cm³/mol. The molecule has 0 aliphatic heterocycles. The van der Waals surface area contributed by atoms with E-state index in [-0.39, 0.29) is 24.8 Å². The first kappa shape index (κ1) is 10.9. The van der Waals surface area contributed by atoms with E-state index in [1.54, 1.807) is 0 Å². The molecule has 1 rings (SSSR count). The molecule has 0 bridgehead atoms. The third kappa shape index (κ3) is 3.07. The molecule has 6 heteroatoms. The highest BCUT2D eigenvalue weighted by molar-refractivity contribution is 6.29. The number of halogens is 3. The van der Waals surface area contributed by atoms with Gasteiger partial charge in [-0.2, -0.15) is 10.3 Å². The van der Waals surface area contributed by atoms with Gasteiger partial charge in [-0.25, -0.2) is 0 Å². The minimum atomic E-state index is 0. The number of aromatic nitrogens is 3. The summed E-state index contributed by atoms with van der Waals surface area (Å²) in [6.07, 6.45) is 1.43. The monoisotopic (exact) mass is 175 g/mol. The number of nitrogens with one attached hydrogen (secondary N) is 1. The average Bonchev–Trinajstić information content (AvgIpc) is 1.86. The van der Waals surface area contributed by atoms with Crippen LogP contribution in [-0.2, 0) is 0 Å². The first-order valence-electron chi connectivity index (χ1n) is 1.41. The van der Waals surface area contributed by atoms with Gasteiger partial charge in [-0.15, -0.1) is 29.9 Å². The maximum Gasteiger partial charge on any atom is 0.171 e. The number of hydrogen-bond acceptors (Lipinski definition) is 2. The van der Waals surface area contributed by atoms with Gasteiger partial charge in [0, 0.05) is 0 Å². The van der Waals surface area contributed by atoms with Gasteiger partial charge in [-0.05, 0) is 0 Å². The normalized spacial score (nSPS) is 6.62. The summed E-state index contributed by atoms with van der Waals surface area (Å²) in [5, 5.41) is 9.60. The minimum absolute atomic E-state index is 0. The Balaban J connectivity index is 0. The van der Waals surface area contributed by atoms with Crippen molar-refractivity contribution in [2.24, 2.45) is 0 Å². The van der Waals surface area contributed by atoms with E-state index in [0.29, 0.717) is 5.15 Å². The van der Waals surface area contributed by atoms with Gasteiger partial charge < -0.3 is 0 Å². The molecule has 1 N–H and O–H groups in total. The fourth-order valence-electron chi connectivity index (χ4n) is 0.188. The number of nitrogens with zero attached hydrogens (tertiary/aromatic N) is 2. The lowest BCUT2D eigenvalue weighted by atomic mass is 11.0. The smallest absolute Gasteiger partial charge is 0.171 e. The van der Waals surface area contributed by atoms with E-state index < -0.39 is 0 Å². The third-order valence-electron chi connectivity index (χ3n) is 0.386. The molecule has 8 heavy (non-hydrogen) atoms. The van der Waals surface area contributed by atoms with Gasteiger partial charge >= 0.3 is 0 Å². The summed E-state index contributed by atoms with van der Waals surface area (Å²) in [6.45, 7) is 0. The summed E-state index contributed by atoms with van der Waals surface area (Å²) in [5.74, 6) is 0. The highest BCUT2D eigenvalue weighted by Crippen LogP contribution is 1.93. The van der Waals surface area contributed by atoms with Crippen molar-refractivity contribution in [1.82, 2.24) is 15.4 Å². The Hall–Kier alpha value is 0.01000. The first-order chi connectivity index (χ1) is 2.89. The molecule has 0 spiro atoms. The van der Waals surface area contributed by atoms with E-state index in [1.165, 1.54) is 6.20 Å². The summed E-state index contributed by atoms with van der Waals surface area (Å²) < 4.78 is 0. The van der Waals surface area contributed by atoms with Crippen molar-refractivity contribution < 1.29 is 0 Å². The van der Waals surface area contributed by atoms with Crippen LogP contribution in [-0.4, -0.2) is 15.4 Å². The van der Waals surface area contributed by atoms with Crippen molar-refractivity contribution in [2.45, 2.75) is 0 Å². The average molecular weight is 176 g/mol. The lowest BCUT2D eigenvalue weighted by Crippen LogP contribution is -1.63. The Kier molecular flexibility index (Phi) is 7.02. The second-order valence-electron chi connectivity index (χ2n) is 0.793. The molecule has 1 aromatic rings. The Morgan fingerprint density at radius 1 is 1.50 bits per heavy atom. The van der Waals surface area contributed by atoms with Crippen LogP contribution in [0.2, 0.25) is 5.15 Å². The molecule has 0 unspecified atom stereocenters. The van der Waals surface area contributed by atoms with Crippen LogP contribution in [0.5, 0.6) is 0 Å². The molecule has 1 heterocycles. The van der Waals surface area contributed by atoms with E-state index in [0.717, 1.165) is 0 Å². The molecular formula is C2H4Cl3N3. The highest BCUT2D eigenvalue weighted by Gasteiger charge is 1.79. The third-order valence-corrected chi connectivity index (χ3v) is 0.568. The van der Waals surface area contributed by atoms with Gasteiger partial charge in [-0.1, -0.05) is 11.6 Å². The summed E-state index contributed by atoms with van der Waals surface area (Å²) in [7, 11) is 0. The fraction of sp³-hybridized carbons (Fsp3) is 0. The van der Waals surface area contributed by atoms with Gasteiger partial charge in [0.05, 0.1) is 6.20 Å². The Morgan fingerprint density at radius 2 is 2.12 bits per heavy atom. The van der Waals surface area contributed by atoms with E-state index in [2.05, 4.69) is 15.4 Å². The van der Waals surface area contributed by atoms with E-state index >= 15 is 0 Å². The van der Waals surface area contributed by atoms with Crippen LogP contribution in [0.15, 0.2) is 6.20 Å².